The summed E-state index contributed by atoms with van der Waals surface area (Å²) in [6, 6.07) is 7.59. The molecular weight excluding hydrogens is 354 g/mol. The topological polar surface area (TPSA) is 109 Å². The standard InChI is InChI=1S/C17H17N5O3S/c23-15-10(9-22(11-5-6-11)17(25)20-15)7-18-16(24)19-8-13-12-3-1-2-4-14(12)26-21-13/h1-4,9,11H,5-8H2,(H2,18,19,24)(H,20,23,25). The number of nitrogens with zero attached hydrogens (tertiary/aromatic N) is 2. The lowest BCUT2D eigenvalue weighted by Gasteiger charge is -2.08. The number of aromatic amines is 1. The summed E-state index contributed by atoms with van der Waals surface area (Å²) < 4.78 is 6.95. The molecule has 0 unspecified atom stereocenters. The van der Waals surface area contributed by atoms with Crippen molar-refractivity contribution in [1.82, 2.24) is 24.6 Å². The SMILES string of the molecule is O=C(NCc1cn(C2CC2)c(=O)[nH]c1=O)NCc1nsc2ccccc12. The minimum absolute atomic E-state index is 0.0476. The summed E-state index contributed by atoms with van der Waals surface area (Å²) in [5.41, 5.74) is 0.283. The number of benzene rings is 1. The molecule has 9 heteroatoms. The van der Waals surface area contributed by atoms with Crippen LogP contribution in [-0.4, -0.2) is 20.0 Å². The lowest BCUT2D eigenvalue weighted by molar-refractivity contribution is 0.240. The highest BCUT2D eigenvalue weighted by Crippen LogP contribution is 2.32. The molecule has 0 atom stereocenters. The van der Waals surface area contributed by atoms with Crippen LogP contribution in [0.3, 0.4) is 0 Å². The maximum atomic E-state index is 12.0. The lowest BCUT2D eigenvalue weighted by Crippen LogP contribution is -2.38. The third-order valence-corrected chi connectivity index (χ3v) is 5.15. The second-order valence-electron chi connectivity index (χ2n) is 6.21. The number of nitrogens with one attached hydrogen (secondary N) is 3. The summed E-state index contributed by atoms with van der Waals surface area (Å²) >= 11 is 1.39. The molecule has 2 aromatic heterocycles. The van der Waals surface area contributed by atoms with E-state index in [-0.39, 0.29) is 12.6 Å². The van der Waals surface area contributed by atoms with Crippen LogP contribution in [0.25, 0.3) is 10.1 Å². The molecule has 1 aromatic carbocycles. The number of aromatic nitrogens is 3. The molecule has 4 rings (SSSR count). The van der Waals surface area contributed by atoms with E-state index in [0.29, 0.717) is 12.1 Å². The van der Waals surface area contributed by atoms with Crippen LogP contribution in [0, 0.1) is 0 Å². The third-order valence-electron chi connectivity index (χ3n) is 4.29. The first-order valence-corrected chi connectivity index (χ1v) is 9.08. The summed E-state index contributed by atoms with van der Waals surface area (Å²) in [5, 5.41) is 6.41. The average Bonchev–Trinajstić information content (AvgIpc) is 3.39. The van der Waals surface area contributed by atoms with Crippen LogP contribution in [0.1, 0.15) is 30.1 Å². The van der Waals surface area contributed by atoms with Crippen molar-refractivity contribution in [2.24, 2.45) is 0 Å². The Morgan fingerprint density at radius 3 is 2.81 bits per heavy atom. The van der Waals surface area contributed by atoms with E-state index in [4.69, 9.17) is 0 Å². The number of urea groups is 1. The molecule has 3 aromatic rings. The fourth-order valence-corrected chi connectivity index (χ4v) is 3.54. The number of fused-ring (bicyclic) bond motifs is 1. The molecule has 2 amide bonds. The van der Waals surface area contributed by atoms with Gasteiger partial charge in [-0.2, -0.15) is 4.37 Å². The lowest BCUT2D eigenvalue weighted by atomic mass is 10.2. The van der Waals surface area contributed by atoms with Gasteiger partial charge in [-0.3, -0.25) is 14.3 Å². The van der Waals surface area contributed by atoms with E-state index in [1.165, 1.54) is 22.3 Å². The Labute approximate surface area is 152 Å². The Morgan fingerprint density at radius 1 is 1.23 bits per heavy atom. The Kier molecular flexibility index (Phi) is 4.29. The molecule has 134 valence electrons. The number of hydrogen-bond acceptors (Lipinski definition) is 5. The van der Waals surface area contributed by atoms with Gasteiger partial charge < -0.3 is 10.6 Å². The van der Waals surface area contributed by atoms with Gasteiger partial charge in [0.1, 0.15) is 0 Å². The van der Waals surface area contributed by atoms with Gasteiger partial charge in [0.05, 0.1) is 29.0 Å². The zero-order valence-electron chi connectivity index (χ0n) is 13.8. The van der Waals surface area contributed by atoms with Crippen molar-refractivity contribution in [3.63, 3.8) is 0 Å². The van der Waals surface area contributed by atoms with Crippen molar-refractivity contribution in [1.29, 1.82) is 0 Å². The minimum atomic E-state index is -0.474. The molecule has 0 spiro atoms. The Bertz CT molecular complexity index is 1080. The number of amides is 2. The number of carbonyl (C=O) groups excluding carboxylic acids is 1. The Morgan fingerprint density at radius 2 is 2.00 bits per heavy atom. The van der Waals surface area contributed by atoms with Gasteiger partial charge >= 0.3 is 11.7 Å². The molecule has 1 aliphatic carbocycles. The van der Waals surface area contributed by atoms with Crippen LogP contribution in [0.2, 0.25) is 0 Å². The van der Waals surface area contributed by atoms with Crippen molar-refractivity contribution in [3.8, 4) is 0 Å². The monoisotopic (exact) mass is 371 g/mol. The highest BCUT2D eigenvalue weighted by molar-refractivity contribution is 7.13. The van der Waals surface area contributed by atoms with E-state index < -0.39 is 17.3 Å². The van der Waals surface area contributed by atoms with Gasteiger partial charge in [-0.05, 0) is 30.4 Å². The largest absolute Gasteiger partial charge is 0.334 e. The van der Waals surface area contributed by atoms with Gasteiger partial charge in [-0.15, -0.1) is 0 Å². The second kappa shape index (κ2) is 6.75. The van der Waals surface area contributed by atoms with E-state index in [1.54, 1.807) is 0 Å². The van der Waals surface area contributed by atoms with Crippen LogP contribution >= 0.6 is 11.5 Å². The van der Waals surface area contributed by atoms with Crippen LogP contribution in [0.5, 0.6) is 0 Å². The van der Waals surface area contributed by atoms with Crippen molar-refractivity contribution in [2.75, 3.05) is 0 Å². The van der Waals surface area contributed by atoms with Crippen LogP contribution in [0.4, 0.5) is 4.79 Å². The van der Waals surface area contributed by atoms with Crippen LogP contribution in [0.15, 0.2) is 40.1 Å². The van der Waals surface area contributed by atoms with E-state index in [1.807, 2.05) is 24.3 Å². The number of carbonyl (C=O) groups is 1. The zero-order valence-corrected chi connectivity index (χ0v) is 14.6. The summed E-state index contributed by atoms with van der Waals surface area (Å²) in [6.45, 7) is 0.347. The van der Waals surface area contributed by atoms with Gasteiger partial charge in [0.25, 0.3) is 5.56 Å². The van der Waals surface area contributed by atoms with Crippen molar-refractivity contribution in [3.05, 3.63) is 62.6 Å². The molecule has 8 nitrogen and oxygen atoms in total. The fourth-order valence-electron chi connectivity index (χ4n) is 2.74. The van der Waals surface area contributed by atoms with Gasteiger partial charge in [0.15, 0.2) is 0 Å². The normalized spacial score (nSPS) is 13.7. The van der Waals surface area contributed by atoms with E-state index in [9.17, 15) is 14.4 Å². The molecule has 1 saturated carbocycles. The zero-order chi connectivity index (χ0) is 18.1. The Balaban J connectivity index is 1.38. The van der Waals surface area contributed by atoms with E-state index in [2.05, 4.69) is 20.0 Å². The van der Waals surface area contributed by atoms with Gasteiger partial charge in [-0.25, -0.2) is 9.59 Å². The molecule has 2 heterocycles. The first kappa shape index (κ1) is 16.5. The molecule has 0 aliphatic heterocycles. The first-order valence-electron chi connectivity index (χ1n) is 8.31. The average molecular weight is 371 g/mol. The second-order valence-corrected chi connectivity index (χ2v) is 7.02. The summed E-state index contributed by atoms with van der Waals surface area (Å²) in [7, 11) is 0. The minimum Gasteiger partial charge on any atom is -0.334 e. The summed E-state index contributed by atoms with van der Waals surface area (Å²) in [6.07, 6.45) is 3.40. The summed E-state index contributed by atoms with van der Waals surface area (Å²) in [4.78, 5) is 38.0. The molecule has 0 saturated heterocycles. The van der Waals surface area contributed by atoms with Gasteiger partial charge in [-0.1, -0.05) is 18.2 Å². The molecular formula is C17H17N5O3S. The third kappa shape index (κ3) is 3.38. The number of H-pyrrole nitrogens is 1. The van der Waals surface area contributed by atoms with Crippen molar-refractivity contribution >= 4 is 27.6 Å². The molecule has 1 aliphatic rings. The smallest absolute Gasteiger partial charge is 0.328 e. The van der Waals surface area contributed by atoms with E-state index >= 15 is 0 Å². The molecule has 1 fully saturated rings. The fraction of sp³-hybridized carbons (Fsp3) is 0.294. The Hall–Kier alpha value is -2.94. The quantitative estimate of drug-likeness (QED) is 0.631. The molecule has 26 heavy (non-hydrogen) atoms. The maximum Gasteiger partial charge on any atom is 0.328 e. The van der Waals surface area contributed by atoms with Crippen molar-refractivity contribution < 1.29 is 4.79 Å². The van der Waals surface area contributed by atoms with Crippen LogP contribution in [-0.2, 0) is 13.1 Å². The van der Waals surface area contributed by atoms with Crippen LogP contribution < -0.4 is 21.9 Å². The first-order chi connectivity index (χ1) is 12.6. The van der Waals surface area contributed by atoms with Gasteiger partial charge in [0.2, 0.25) is 0 Å². The number of rotatable bonds is 5. The molecule has 0 bridgehead atoms. The molecule has 3 N–H and O–H groups in total. The predicted octanol–water partition coefficient (Wildman–Crippen LogP) is 1.48. The van der Waals surface area contributed by atoms with E-state index in [0.717, 1.165) is 28.6 Å². The summed E-state index contributed by atoms with van der Waals surface area (Å²) in [5.74, 6) is 0. The highest BCUT2D eigenvalue weighted by atomic mass is 32.1. The van der Waals surface area contributed by atoms with Gasteiger partial charge in [0, 0.05) is 17.6 Å². The maximum absolute atomic E-state index is 12.0. The highest BCUT2D eigenvalue weighted by Gasteiger charge is 2.25. The molecule has 0 radical (unpaired) electrons. The van der Waals surface area contributed by atoms with Crippen molar-refractivity contribution in [2.45, 2.75) is 32.0 Å². The number of hydrogen-bond donors (Lipinski definition) is 3. The predicted molar refractivity (Wildman–Crippen MR) is 98.3 cm³/mol.